The number of carbonyl (C=O) groups is 2. The van der Waals surface area contributed by atoms with Crippen molar-refractivity contribution in [2.24, 2.45) is 0 Å². The molecule has 27 heavy (non-hydrogen) atoms. The maximum absolute atomic E-state index is 12.3. The Morgan fingerprint density at radius 2 is 1.70 bits per heavy atom. The van der Waals surface area contributed by atoms with E-state index in [0.717, 1.165) is 5.56 Å². The van der Waals surface area contributed by atoms with Crippen molar-refractivity contribution in [1.82, 2.24) is 4.90 Å². The molecule has 8 heteroatoms. The van der Waals surface area contributed by atoms with Crippen molar-refractivity contribution in [3.63, 3.8) is 0 Å². The first-order valence-electron chi connectivity index (χ1n) is 8.27. The zero-order valence-electron chi connectivity index (χ0n) is 15.1. The summed E-state index contributed by atoms with van der Waals surface area (Å²) in [6.07, 6.45) is -0.202. The van der Waals surface area contributed by atoms with Crippen LogP contribution in [0.3, 0.4) is 0 Å². The normalized spacial score (nSPS) is 11.1. The highest BCUT2D eigenvalue weighted by atomic mass is 35.5. The van der Waals surface area contributed by atoms with Gasteiger partial charge in [0.05, 0.1) is 27.9 Å². The first-order chi connectivity index (χ1) is 12.7. The fourth-order valence-electron chi connectivity index (χ4n) is 2.33. The van der Waals surface area contributed by atoms with Crippen molar-refractivity contribution in [1.29, 1.82) is 0 Å². The summed E-state index contributed by atoms with van der Waals surface area (Å²) >= 11 is 5.97. The summed E-state index contributed by atoms with van der Waals surface area (Å²) in [5.41, 5.74) is 1.40. The van der Waals surface area contributed by atoms with Gasteiger partial charge in [-0.15, -0.1) is 0 Å². The highest BCUT2D eigenvalue weighted by molar-refractivity contribution is 7.91. The SMILES string of the molecule is Cc1ccc(S(=O)(=O)CCC(=O)N(C)CC(=O)Nc2ccccc2Cl)cc1. The highest BCUT2D eigenvalue weighted by Crippen LogP contribution is 2.20. The van der Waals surface area contributed by atoms with Crippen molar-refractivity contribution >= 4 is 38.9 Å². The third-order valence-electron chi connectivity index (χ3n) is 3.92. The van der Waals surface area contributed by atoms with Gasteiger partial charge in [-0.3, -0.25) is 9.59 Å². The highest BCUT2D eigenvalue weighted by Gasteiger charge is 2.19. The van der Waals surface area contributed by atoms with E-state index in [2.05, 4.69) is 5.32 Å². The molecule has 0 heterocycles. The second kappa shape index (κ2) is 9.01. The summed E-state index contributed by atoms with van der Waals surface area (Å²) in [6.45, 7) is 1.66. The van der Waals surface area contributed by atoms with Crippen LogP contribution in [0.2, 0.25) is 5.02 Å². The average molecular weight is 409 g/mol. The number of hydrogen-bond donors (Lipinski definition) is 1. The van der Waals surface area contributed by atoms with Crippen LogP contribution in [0.1, 0.15) is 12.0 Å². The third-order valence-corrected chi connectivity index (χ3v) is 5.98. The molecule has 0 saturated carbocycles. The number of carbonyl (C=O) groups excluding carboxylic acids is 2. The van der Waals surface area contributed by atoms with Crippen LogP contribution in [0.5, 0.6) is 0 Å². The minimum Gasteiger partial charge on any atom is -0.336 e. The molecule has 0 saturated heterocycles. The Labute approximate surface area is 164 Å². The lowest BCUT2D eigenvalue weighted by Gasteiger charge is -2.17. The number of nitrogens with one attached hydrogen (secondary N) is 1. The lowest BCUT2D eigenvalue weighted by atomic mass is 10.2. The number of benzene rings is 2. The molecule has 0 aliphatic carbocycles. The van der Waals surface area contributed by atoms with Gasteiger partial charge in [0.25, 0.3) is 0 Å². The number of rotatable bonds is 7. The van der Waals surface area contributed by atoms with Crippen LogP contribution in [-0.4, -0.2) is 44.5 Å². The van der Waals surface area contributed by atoms with E-state index in [4.69, 9.17) is 11.6 Å². The number of hydrogen-bond acceptors (Lipinski definition) is 4. The Kier molecular flexibility index (Phi) is 6.98. The van der Waals surface area contributed by atoms with Gasteiger partial charge in [0, 0.05) is 13.5 Å². The Bertz CT molecular complexity index is 927. The molecule has 144 valence electrons. The van der Waals surface area contributed by atoms with Crippen molar-refractivity contribution in [2.75, 3.05) is 24.7 Å². The van der Waals surface area contributed by atoms with Gasteiger partial charge in [-0.1, -0.05) is 41.4 Å². The number of halogens is 1. The number of aryl methyl sites for hydroxylation is 1. The predicted molar refractivity (Wildman–Crippen MR) is 106 cm³/mol. The molecular formula is C19H21ClN2O4S. The molecule has 2 aromatic rings. The van der Waals surface area contributed by atoms with Crippen molar-refractivity contribution in [3.8, 4) is 0 Å². The van der Waals surface area contributed by atoms with E-state index in [9.17, 15) is 18.0 Å². The van der Waals surface area contributed by atoms with Crippen LogP contribution in [0.25, 0.3) is 0 Å². The van der Waals surface area contributed by atoms with Crippen molar-refractivity contribution in [2.45, 2.75) is 18.2 Å². The summed E-state index contributed by atoms with van der Waals surface area (Å²) in [7, 11) is -2.10. The van der Waals surface area contributed by atoms with Crippen LogP contribution >= 0.6 is 11.6 Å². The monoisotopic (exact) mass is 408 g/mol. The molecule has 1 N–H and O–H groups in total. The quantitative estimate of drug-likeness (QED) is 0.763. The largest absolute Gasteiger partial charge is 0.336 e. The van der Waals surface area contributed by atoms with E-state index < -0.39 is 21.7 Å². The molecule has 0 bridgehead atoms. The molecule has 0 radical (unpaired) electrons. The van der Waals surface area contributed by atoms with Gasteiger partial charge in [0.2, 0.25) is 11.8 Å². The van der Waals surface area contributed by atoms with Crippen molar-refractivity contribution < 1.29 is 18.0 Å². The average Bonchev–Trinajstić information content (AvgIpc) is 2.62. The zero-order chi connectivity index (χ0) is 20.0. The first-order valence-corrected chi connectivity index (χ1v) is 10.3. The van der Waals surface area contributed by atoms with Crippen LogP contribution in [0.4, 0.5) is 5.69 Å². The number of sulfone groups is 1. The fraction of sp³-hybridized carbons (Fsp3) is 0.263. The third kappa shape index (κ3) is 6.08. The van der Waals surface area contributed by atoms with Crippen LogP contribution in [0, 0.1) is 6.92 Å². The smallest absolute Gasteiger partial charge is 0.244 e. The topological polar surface area (TPSA) is 83.6 Å². The van der Waals surface area contributed by atoms with E-state index in [1.54, 1.807) is 36.4 Å². The first kappa shape index (κ1) is 20.9. The molecule has 0 aliphatic rings. The number of amides is 2. The van der Waals surface area contributed by atoms with Crippen LogP contribution in [0.15, 0.2) is 53.4 Å². The molecule has 2 amide bonds. The number of likely N-dealkylation sites (N-methyl/N-ethyl adjacent to an activating group) is 1. The minimum absolute atomic E-state index is 0.181. The summed E-state index contributed by atoms with van der Waals surface area (Å²) < 4.78 is 24.6. The molecule has 0 fully saturated rings. The van der Waals surface area contributed by atoms with Gasteiger partial charge < -0.3 is 10.2 Å². The molecule has 0 spiro atoms. The summed E-state index contributed by atoms with van der Waals surface area (Å²) in [5, 5.41) is 3.01. The van der Waals surface area contributed by atoms with E-state index in [-0.39, 0.29) is 23.6 Å². The summed E-state index contributed by atoms with van der Waals surface area (Å²) in [6, 6.07) is 13.2. The molecule has 2 aromatic carbocycles. The second-order valence-corrected chi connectivity index (χ2v) is 8.68. The molecule has 6 nitrogen and oxygen atoms in total. The Morgan fingerprint density at radius 1 is 1.07 bits per heavy atom. The maximum Gasteiger partial charge on any atom is 0.244 e. The maximum atomic E-state index is 12.3. The van der Waals surface area contributed by atoms with Crippen LogP contribution < -0.4 is 5.32 Å². The Balaban J connectivity index is 1.88. The van der Waals surface area contributed by atoms with Gasteiger partial charge in [-0.25, -0.2) is 8.42 Å². The van der Waals surface area contributed by atoms with Gasteiger partial charge >= 0.3 is 0 Å². The zero-order valence-corrected chi connectivity index (χ0v) is 16.7. The fourth-order valence-corrected chi connectivity index (χ4v) is 3.74. The van der Waals surface area contributed by atoms with E-state index in [1.807, 2.05) is 6.92 Å². The van der Waals surface area contributed by atoms with E-state index >= 15 is 0 Å². The minimum atomic E-state index is -3.55. The van der Waals surface area contributed by atoms with Gasteiger partial charge in [-0.2, -0.15) is 0 Å². The number of para-hydroxylation sites is 1. The summed E-state index contributed by atoms with van der Waals surface area (Å²) in [5.74, 6) is -1.16. The molecule has 0 aliphatic heterocycles. The van der Waals surface area contributed by atoms with Crippen LogP contribution in [-0.2, 0) is 19.4 Å². The standard InChI is InChI=1S/C19H21ClN2O4S/c1-14-7-9-15(10-8-14)27(25,26)12-11-19(24)22(2)13-18(23)21-17-6-4-3-5-16(17)20/h3-10H,11-13H2,1-2H3,(H,21,23). The van der Waals surface area contributed by atoms with E-state index in [0.29, 0.717) is 10.7 Å². The molecular weight excluding hydrogens is 388 g/mol. The Morgan fingerprint density at radius 3 is 2.33 bits per heavy atom. The van der Waals surface area contributed by atoms with Gasteiger partial charge in [0.15, 0.2) is 9.84 Å². The number of nitrogens with zero attached hydrogens (tertiary/aromatic N) is 1. The lowest BCUT2D eigenvalue weighted by Crippen LogP contribution is -2.35. The molecule has 0 atom stereocenters. The van der Waals surface area contributed by atoms with E-state index in [1.165, 1.54) is 24.1 Å². The predicted octanol–water partition coefficient (Wildman–Crippen LogP) is 2.91. The van der Waals surface area contributed by atoms with Gasteiger partial charge in [-0.05, 0) is 31.2 Å². The second-order valence-electron chi connectivity index (χ2n) is 6.16. The number of anilines is 1. The lowest BCUT2D eigenvalue weighted by molar-refractivity contribution is -0.132. The van der Waals surface area contributed by atoms with Crippen molar-refractivity contribution in [3.05, 3.63) is 59.1 Å². The Hall–Kier alpha value is -2.38. The van der Waals surface area contributed by atoms with Gasteiger partial charge in [0.1, 0.15) is 0 Å². The molecule has 0 aromatic heterocycles. The molecule has 2 rings (SSSR count). The summed E-state index contributed by atoms with van der Waals surface area (Å²) in [4.78, 5) is 25.6. The molecule has 0 unspecified atom stereocenters.